The molecule has 0 fully saturated rings. The van der Waals surface area contributed by atoms with Gasteiger partial charge in [0.05, 0.1) is 11.0 Å². The van der Waals surface area contributed by atoms with Crippen LogP contribution in [0.1, 0.15) is 18.1 Å². The van der Waals surface area contributed by atoms with Crippen LogP contribution in [-0.2, 0) is 6.42 Å². The van der Waals surface area contributed by atoms with Crippen LogP contribution in [0.15, 0.2) is 42.5 Å². The van der Waals surface area contributed by atoms with E-state index in [9.17, 15) is 0 Å². The van der Waals surface area contributed by atoms with Gasteiger partial charge in [0.25, 0.3) is 0 Å². The molecule has 0 aliphatic rings. The van der Waals surface area contributed by atoms with Gasteiger partial charge in [-0.05, 0) is 42.7 Å². The molecular weight excluding hydrogens is 206 g/mol. The number of nitrogens with zero attached hydrogens (tertiary/aromatic N) is 1. The summed E-state index contributed by atoms with van der Waals surface area (Å²) in [5, 5.41) is 2.52. The Hall–Kier alpha value is -1.89. The topological polar surface area (TPSA) is 12.9 Å². The van der Waals surface area contributed by atoms with Gasteiger partial charge in [0, 0.05) is 10.8 Å². The summed E-state index contributed by atoms with van der Waals surface area (Å²) in [7, 11) is 0. The van der Waals surface area contributed by atoms with Gasteiger partial charge >= 0.3 is 0 Å². The second kappa shape index (κ2) is 3.85. The lowest BCUT2D eigenvalue weighted by Gasteiger charge is -2.09. The Morgan fingerprint density at radius 3 is 2.65 bits per heavy atom. The molecule has 2 aromatic carbocycles. The Labute approximate surface area is 101 Å². The number of rotatable bonds is 1. The highest BCUT2D eigenvalue weighted by Crippen LogP contribution is 2.25. The van der Waals surface area contributed by atoms with E-state index in [2.05, 4.69) is 50.2 Å². The molecule has 0 bridgehead atoms. The number of hydrogen-bond acceptors (Lipinski definition) is 1. The van der Waals surface area contributed by atoms with E-state index in [-0.39, 0.29) is 0 Å². The van der Waals surface area contributed by atoms with Crippen LogP contribution in [0.5, 0.6) is 0 Å². The van der Waals surface area contributed by atoms with E-state index in [0.29, 0.717) is 0 Å². The maximum atomic E-state index is 4.73. The van der Waals surface area contributed by atoms with Crippen LogP contribution in [0, 0.1) is 6.92 Å². The third kappa shape index (κ3) is 1.59. The third-order valence-corrected chi connectivity index (χ3v) is 3.40. The Bertz CT molecular complexity index is 698. The summed E-state index contributed by atoms with van der Waals surface area (Å²) in [4.78, 5) is 4.73. The highest BCUT2D eigenvalue weighted by Gasteiger charge is 2.05. The first-order valence-electron chi connectivity index (χ1n) is 6.07. The van der Waals surface area contributed by atoms with Gasteiger partial charge in [-0.2, -0.15) is 0 Å². The Kier molecular flexibility index (Phi) is 2.32. The molecule has 84 valence electrons. The fourth-order valence-electron chi connectivity index (χ4n) is 2.49. The molecule has 0 unspecified atom stereocenters. The van der Waals surface area contributed by atoms with Crippen molar-refractivity contribution in [1.29, 1.82) is 0 Å². The van der Waals surface area contributed by atoms with Gasteiger partial charge in [0.15, 0.2) is 0 Å². The van der Waals surface area contributed by atoms with Gasteiger partial charge in [0.1, 0.15) is 0 Å². The number of benzene rings is 2. The monoisotopic (exact) mass is 221 g/mol. The van der Waals surface area contributed by atoms with E-state index in [0.717, 1.165) is 17.5 Å². The Morgan fingerprint density at radius 1 is 1.00 bits per heavy atom. The molecule has 0 saturated heterocycles. The van der Waals surface area contributed by atoms with Crippen LogP contribution < -0.4 is 0 Å². The number of hydrogen-bond donors (Lipinski definition) is 0. The average molecular weight is 221 g/mol. The second-order valence-corrected chi connectivity index (χ2v) is 4.46. The molecule has 1 aromatic heterocycles. The van der Waals surface area contributed by atoms with Gasteiger partial charge in [0.2, 0.25) is 0 Å². The van der Waals surface area contributed by atoms with Crippen molar-refractivity contribution in [2.24, 2.45) is 0 Å². The highest BCUT2D eigenvalue weighted by atomic mass is 14.7. The molecule has 0 radical (unpaired) electrons. The lowest BCUT2D eigenvalue weighted by molar-refractivity contribution is 1.13. The van der Waals surface area contributed by atoms with Crippen LogP contribution in [0.2, 0.25) is 0 Å². The Morgan fingerprint density at radius 2 is 1.82 bits per heavy atom. The SMILES string of the molecule is CCc1c(C)ccc2nc3ccccc3cc12. The first-order chi connectivity index (χ1) is 8.29. The van der Waals surface area contributed by atoms with Crippen molar-refractivity contribution in [3.63, 3.8) is 0 Å². The van der Waals surface area contributed by atoms with Crippen molar-refractivity contribution in [3.8, 4) is 0 Å². The summed E-state index contributed by atoms with van der Waals surface area (Å²) in [6, 6.07) is 14.9. The summed E-state index contributed by atoms with van der Waals surface area (Å²) >= 11 is 0. The number of aryl methyl sites for hydroxylation is 2. The molecule has 1 heteroatoms. The molecule has 1 nitrogen and oxygen atoms in total. The van der Waals surface area contributed by atoms with Gasteiger partial charge < -0.3 is 0 Å². The number of fused-ring (bicyclic) bond motifs is 2. The normalized spacial score (nSPS) is 11.2. The summed E-state index contributed by atoms with van der Waals surface area (Å²) < 4.78 is 0. The zero-order valence-electron chi connectivity index (χ0n) is 10.2. The number of para-hydroxylation sites is 1. The predicted molar refractivity (Wildman–Crippen MR) is 73.4 cm³/mol. The van der Waals surface area contributed by atoms with E-state index in [1.165, 1.54) is 21.9 Å². The molecule has 0 spiro atoms. The maximum Gasteiger partial charge on any atom is 0.0712 e. The van der Waals surface area contributed by atoms with Crippen molar-refractivity contribution in [2.45, 2.75) is 20.3 Å². The molecule has 0 atom stereocenters. The first-order valence-corrected chi connectivity index (χ1v) is 6.07. The zero-order chi connectivity index (χ0) is 11.8. The van der Waals surface area contributed by atoms with Gasteiger partial charge in [-0.1, -0.05) is 31.2 Å². The van der Waals surface area contributed by atoms with Gasteiger partial charge in [-0.3, -0.25) is 0 Å². The molecule has 3 rings (SSSR count). The van der Waals surface area contributed by atoms with Gasteiger partial charge in [-0.15, -0.1) is 0 Å². The average Bonchev–Trinajstić information content (AvgIpc) is 2.36. The van der Waals surface area contributed by atoms with Crippen LogP contribution in [0.4, 0.5) is 0 Å². The van der Waals surface area contributed by atoms with Gasteiger partial charge in [-0.25, -0.2) is 4.98 Å². The highest BCUT2D eigenvalue weighted by molar-refractivity contribution is 5.94. The van der Waals surface area contributed by atoms with E-state index < -0.39 is 0 Å². The van der Waals surface area contributed by atoms with Crippen LogP contribution in [0.3, 0.4) is 0 Å². The van der Waals surface area contributed by atoms with E-state index in [1.54, 1.807) is 0 Å². The summed E-state index contributed by atoms with van der Waals surface area (Å²) in [6.45, 7) is 4.38. The minimum absolute atomic E-state index is 1.06. The molecule has 0 N–H and O–H groups in total. The van der Waals surface area contributed by atoms with Crippen LogP contribution in [0.25, 0.3) is 21.8 Å². The molecule has 3 aromatic rings. The summed E-state index contributed by atoms with van der Waals surface area (Å²) in [5.41, 5.74) is 4.95. The molecule has 0 amide bonds. The molecule has 0 aliphatic carbocycles. The summed E-state index contributed by atoms with van der Waals surface area (Å²) in [5.74, 6) is 0. The fraction of sp³-hybridized carbons (Fsp3) is 0.188. The smallest absolute Gasteiger partial charge is 0.0712 e. The van der Waals surface area contributed by atoms with Crippen molar-refractivity contribution < 1.29 is 0 Å². The van der Waals surface area contributed by atoms with E-state index in [4.69, 9.17) is 4.98 Å². The van der Waals surface area contributed by atoms with Crippen molar-refractivity contribution in [1.82, 2.24) is 4.98 Å². The van der Waals surface area contributed by atoms with Crippen molar-refractivity contribution in [3.05, 3.63) is 53.6 Å². The molecule has 0 aliphatic heterocycles. The lowest BCUT2D eigenvalue weighted by atomic mass is 9.99. The molecular formula is C16H15N. The van der Waals surface area contributed by atoms with Crippen molar-refractivity contribution in [2.75, 3.05) is 0 Å². The lowest BCUT2D eigenvalue weighted by Crippen LogP contribution is -1.91. The quantitative estimate of drug-likeness (QED) is 0.559. The first kappa shape index (κ1) is 10.3. The minimum Gasteiger partial charge on any atom is -0.248 e. The number of aromatic nitrogens is 1. The van der Waals surface area contributed by atoms with E-state index in [1.807, 2.05) is 6.07 Å². The second-order valence-electron chi connectivity index (χ2n) is 4.46. The Balaban J connectivity index is 2.47. The molecule has 17 heavy (non-hydrogen) atoms. The van der Waals surface area contributed by atoms with Crippen LogP contribution in [-0.4, -0.2) is 4.98 Å². The number of pyridine rings is 1. The van der Waals surface area contributed by atoms with Crippen molar-refractivity contribution >= 4 is 21.8 Å². The molecule has 0 saturated carbocycles. The third-order valence-electron chi connectivity index (χ3n) is 3.40. The standard InChI is InChI=1S/C16H15N/c1-3-13-11(2)8-9-16-14(13)10-12-6-4-5-7-15(12)17-16/h4-10H,3H2,1-2H3. The summed E-state index contributed by atoms with van der Waals surface area (Å²) in [6.07, 6.45) is 1.06. The predicted octanol–water partition coefficient (Wildman–Crippen LogP) is 4.26. The zero-order valence-corrected chi connectivity index (χ0v) is 10.2. The largest absolute Gasteiger partial charge is 0.248 e. The fourth-order valence-corrected chi connectivity index (χ4v) is 2.49. The minimum atomic E-state index is 1.06. The van der Waals surface area contributed by atoms with Crippen LogP contribution >= 0.6 is 0 Å². The molecule has 1 heterocycles. The van der Waals surface area contributed by atoms with E-state index >= 15 is 0 Å². The maximum absolute atomic E-state index is 4.73.